The Hall–Kier alpha value is -2.43. The molecule has 136 valence electrons. The maximum Gasteiger partial charge on any atom is 0.241 e. The predicted octanol–water partition coefficient (Wildman–Crippen LogP) is 3.69. The number of nitrogens with one attached hydrogen (secondary N) is 1. The number of likely N-dealkylation sites (tertiary alicyclic amines) is 1. The minimum Gasteiger partial charge on any atom is -0.360 e. The highest BCUT2D eigenvalue weighted by molar-refractivity contribution is 6.23. The maximum absolute atomic E-state index is 13.3. The number of aromatic amines is 1. The van der Waals surface area contributed by atoms with Crippen LogP contribution in [0, 0.1) is 11.3 Å². The Labute approximate surface area is 152 Å². The monoisotopic (exact) mass is 352 g/mol. The van der Waals surface area contributed by atoms with Gasteiger partial charge in [-0.2, -0.15) is 0 Å². The van der Waals surface area contributed by atoms with E-state index in [1.807, 2.05) is 24.3 Å². The van der Waals surface area contributed by atoms with E-state index in [1.165, 1.54) is 4.90 Å². The first kappa shape index (κ1) is 17.0. The first-order valence-electron chi connectivity index (χ1n) is 9.41. The minimum absolute atomic E-state index is 0.0520. The van der Waals surface area contributed by atoms with Crippen LogP contribution in [0.25, 0.3) is 10.9 Å². The molecule has 1 N–H and O–H groups in total. The second-order valence-electron chi connectivity index (χ2n) is 8.07. The Balaban J connectivity index is 1.72. The van der Waals surface area contributed by atoms with Crippen LogP contribution in [-0.2, 0) is 9.59 Å². The molecule has 1 aromatic heterocycles. The van der Waals surface area contributed by atoms with E-state index < -0.39 is 11.3 Å². The first-order valence-corrected chi connectivity index (χ1v) is 9.41. The molecule has 1 aliphatic heterocycles. The van der Waals surface area contributed by atoms with Gasteiger partial charge in [-0.3, -0.25) is 19.3 Å². The van der Waals surface area contributed by atoms with Gasteiger partial charge in [-0.1, -0.05) is 37.5 Å². The Morgan fingerprint density at radius 1 is 1.12 bits per heavy atom. The van der Waals surface area contributed by atoms with Gasteiger partial charge in [0.05, 0.1) is 5.41 Å². The van der Waals surface area contributed by atoms with Crippen molar-refractivity contribution in [1.82, 2.24) is 9.88 Å². The summed E-state index contributed by atoms with van der Waals surface area (Å²) in [6.07, 6.45) is 6.56. The third kappa shape index (κ3) is 2.41. The van der Waals surface area contributed by atoms with Gasteiger partial charge in [0.2, 0.25) is 11.8 Å². The third-order valence-electron chi connectivity index (χ3n) is 6.03. The standard InChI is InChI=1S/C21H24N2O3/c1-21(2)17(18(24)15-12-22-16-11-7-6-10-14(15)16)19(25)23(20(21)26)13-8-4-3-5-9-13/h6-7,10-13,17,22H,3-5,8-9H2,1-2H3. The lowest BCUT2D eigenvalue weighted by Crippen LogP contribution is -2.42. The molecular formula is C21H24N2O3. The SMILES string of the molecule is CC1(C)C(=O)N(C2CCCCC2)C(=O)C1C(=O)c1c[nH]c2ccccc12. The largest absolute Gasteiger partial charge is 0.360 e. The van der Waals surface area contributed by atoms with Crippen LogP contribution in [-0.4, -0.2) is 33.5 Å². The van der Waals surface area contributed by atoms with Crippen molar-refractivity contribution in [3.8, 4) is 0 Å². The summed E-state index contributed by atoms with van der Waals surface area (Å²) in [7, 11) is 0. The van der Waals surface area contributed by atoms with Gasteiger partial charge < -0.3 is 4.98 Å². The number of ketones is 1. The van der Waals surface area contributed by atoms with E-state index in [2.05, 4.69) is 4.98 Å². The quantitative estimate of drug-likeness (QED) is 0.520. The van der Waals surface area contributed by atoms with Crippen LogP contribution in [0.1, 0.15) is 56.3 Å². The number of carbonyl (C=O) groups excluding carboxylic acids is 3. The van der Waals surface area contributed by atoms with Crippen molar-refractivity contribution in [2.24, 2.45) is 11.3 Å². The van der Waals surface area contributed by atoms with Crippen molar-refractivity contribution >= 4 is 28.5 Å². The molecule has 2 amide bonds. The summed E-state index contributed by atoms with van der Waals surface area (Å²) in [5.41, 5.74) is 0.337. The van der Waals surface area contributed by atoms with Gasteiger partial charge in [0.15, 0.2) is 5.78 Å². The summed E-state index contributed by atoms with van der Waals surface area (Å²) >= 11 is 0. The molecule has 2 heterocycles. The van der Waals surface area contributed by atoms with E-state index >= 15 is 0 Å². The summed E-state index contributed by atoms with van der Waals surface area (Å²) in [6, 6.07) is 7.48. The van der Waals surface area contributed by atoms with E-state index in [0.29, 0.717) is 5.56 Å². The number of rotatable bonds is 3. The number of amides is 2. The van der Waals surface area contributed by atoms with Crippen LogP contribution in [0.2, 0.25) is 0 Å². The number of H-pyrrole nitrogens is 1. The molecule has 0 spiro atoms. The zero-order valence-corrected chi connectivity index (χ0v) is 15.2. The van der Waals surface area contributed by atoms with Crippen LogP contribution in [0.4, 0.5) is 0 Å². The Morgan fingerprint density at radius 3 is 2.54 bits per heavy atom. The lowest BCUT2D eigenvalue weighted by Gasteiger charge is -2.30. The van der Waals surface area contributed by atoms with Gasteiger partial charge in [0.25, 0.3) is 0 Å². The molecule has 0 radical (unpaired) electrons. The van der Waals surface area contributed by atoms with Crippen molar-refractivity contribution in [2.75, 3.05) is 0 Å². The normalized spacial score (nSPS) is 23.8. The molecular weight excluding hydrogens is 328 g/mol. The molecule has 1 unspecified atom stereocenters. The van der Waals surface area contributed by atoms with Gasteiger partial charge in [0.1, 0.15) is 5.92 Å². The molecule has 1 saturated carbocycles. The molecule has 4 rings (SSSR count). The summed E-state index contributed by atoms with van der Waals surface area (Å²) < 4.78 is 0. The van der Waals surface area contributed by atoms with Gasteiger partial charge in [0, 0.05) is 28.7 Å². The van der Waals surface area contributed by atoms with Gasteiger partial charge in [-0.05, 0) is 32.8 Å². The van der Waals surface area contributed by atoms with Gasteiger partial charge in [-0.15, -0.1) is 0 Å². The molecule has 1 aliphatic carbocycles. The van der Waals surface area contributed by atoms with Gasteiger partial charge >= 0.3 is 0 Å². The number of carbonyl (C=O) groups is 3. The average molecular weight is 352 g/mol. The van der Waals surface area contributed by atoms with E-state index in [1.54, 1.807) is 20.0 Å². The number of imide groups is 1. The minimum atomic E-state index is -1.01. The van der Waals surface area contributed by atoms with Crippen molar-refractivity contribution in [1.29, 1.82) is 0 Å². The van der Waals surface area contributed by atoms with Crippen LogP contribution < -0.4 is 0 Å². The summed E-state index contributed by atoms with van der Waals surface area (Å²) in [4.78, 5) is 44.0. The third-order valence-corrected chi connectivity index (χ3v) is 6.03. The lowest BCUT2D eigenvalue weighted by atomic mass is 9.77. The number of nitrogens with zero attached hydrogens (tertiary/aromatic N) is 1. The number of hydrogen-bond acceptors (Lipinski definition) is 3. The second kappa shape index (κ2) is 6.08. The molecule has 5 nitrogen and oxygen atoms in total. The number of para-hydroxylation sites is 1. The highest BCUT2D eigenvalue weighted by Crippen LogP contribution is 2.43. The fourth-order valence-electron chi connectivity index (χ4n) is 4.54. The van der Waals surface area contributed by atoms with Crippen molar-refractivity contribution in [3.05, 3.63) is 36.0 Å². The van der Waals surface area contributed by atoms with Crippen molar-refractivity contribution < 1.29 is 14.4 Å². The highest BCUT2D eigenvalue weighted by Gasteiger charge is 2.58. The average Bonchev–Trinajstić information content (AvgIpc) is 3.13. The van der Waals surface area contributed by atoms with E-state index in [9.17, 15) is 14.4 Å². The van der Waals surface area contributed by atoms with E-state index in [0.717, 1.165) is 43.0 Å². The molecule has 2 aliphatic rings. The van der Waals surface area contributed by atoms with E-state index in [4.69, 9.17) is 0 Å². The number of Topliss-reactive ketones (excluding diaryl/α,β-unsaturated/α-hetero) is 1. The number of fused-ring (bicyclic) bond motifs is 1. The fraction of sp³-hybridized carbons (Fsp3) is 0.476. The molecule has 1 saturated heterocycles. The summed E-state index contributed by atoms with van der Waals surface area (Å²) in [6.45, 7) is 3.46. The highest BCUT2D eigenvalue weighted by atomic mass is 16.2. The Bertz CT molecular complexity index is 890. The fourth-order valence-corrected chi connectivity index (χ4v) is 4.54. The predicted molar refractivity (Wildman–Crippen MR) is 98.6 cm³/mol. The molecule has 26 heavy (non-hydrogen) atoms. The van der Waals surface area contributed by atoms with Crippen LogP contribution in [0.15, 0.2) is 30.5 Å². The molecule has 1 aromatic carbocycles. The molecule has 0 bridgehead atoms. The van der Waals surface area contributed by atoms with Crippen LogP contribution >= 0.6 is 0 Å². The summed E-state index contributed by atoms with van der Waals surface area (Å²) in [5, 5.41) is 0.796. The van der Waals surface area contributed by atoms with E-state index in [-0.39, 0.29) is 23.6 Å². The molecule has 1 atom stereocenters. The Kier molecular flexibility index (Phi) is 3.98. The smallest absolute Gasteiger partial charge is 0.241 e. The molecule has 2 fully saturated rings. The maximum atomic E-state index is 13.3. The molecule has 2 aromatic rings. The number of aromatic nitrogens is 1. The van der Waals surface area contributed by atoms with Crippen molar-refractivity contribution in [3.63, 3.8) is 0 Å². The van der Waals surface area contributed by atoms with Crippen LogP contribution in [0.3, 0.4) is 0 Å². The topological polar surface area (TPSA) is 70.2 Å². The van der Waals surface area contributed by atoms with Crippen molar-refractivity contribution in [2.45, 2.75) is 52.0 Å². The summed E-state index contributed by atoms with van der Waals surface area (Å²) in [5.74, 6) is -1.73. The zero-order chi connectivity index (χ0) is 18.5. The number of benzene rings is 1. The lowest BCUT2D eigenvalue weighted by molar-refractivity contribution is -0.144. The number of hydrogen-bond donors (Lipinski definition) is 1. The first-order chi connectivity index (χ1) is 12.4. The van der Waals surface area contributed by atoms with Gasteiger partial charge in [-0.25, -0.2) is 0 Å². The second-order valence-corrected chi connectivity index (χ2v) is 8.07. The zero-order valence-electron chi connectivity index (χ0n) is 15.2. The molecule has 5 heteroatoms. The Morgan fingerprint density at radius 2 is 1.81 bits per heavy atom. The van der Waals surface area contributed by atoms with Crippen LogP contribution in [0.5, 0.6) is 0 Å².